The molecule has 1 aromatic rings. The van der Waals surface area contributed by atoms with Gasteiger partial charge in [-0.1, -0.05) is 40.5 Å². The van der Waals surface area contributed by atoms with Gasteiger partial charge in [-0.15, -0.1) is 11.3 Å². The third kappa shape index (κ3) is 4.43. The fourth-order valence-corrected chi connectivity index (χ4v) is 4.81. The van der Waals surface area contributed by atoms with Gasteiger partial charge in [0.05, 0.1) is 12.7 Å². The number of anilines is 1. The minimum Gasteiger partial charge on any atom is -0.465 e. The molecule has 140 valence electrons. The van der Waals surface area contributed by atoms with E-state index in [1.807, 2.05) is 0 Å². The van der Waals surface area contributed by atoms with Crippen LogP contribution >= 0.6 is 11.3 Å². The smallest absolute Gasteiger partial charge is 0.341 e. The van der Waals surface area contributed by atoms with Crippen LogP contribution < -0.4 is 5.32 Å². The number of carbonyl (C=O) groups is 2. The van der Waals surface area contributed by atoms with Gasteiger partial charge in [-0.25, -0.2) is 4.79 Å². The number of rotatable bonds is 7. The molecule has 0 aromatic carbocycles. The van der Waals surface area contributed by atoms with Crippen molar-refractivity contribution in [3.05, 3.63) is 16.0 Å². The molecule has 0 bridgehead atoms. The van der Waals surface area contributed by atoms with Crippen molar-refractivity contribution in [3.8, 4) is 0 Å². The molecule has 0 radical (unpaired) electrons. The van der Waals surface area contributed by atoms with Crippen LogP contribution in [0.3, 0.4) is 0 Å². The normalized spacial score (nSPS) is 17.1. The molecule has 5 heteroatoms. The maximum Gasteiger partial charge on any atom is 0.341 e. The maximum absolute atomic E-state index is 12.3. The molecule has 1 atom stereocenters. The minimum atomic E-state index is -0.337. The van der Waals surface area contributed by atoms with Gasteiger partial charge in [0.25, 0.3) is 0 Å². The minimum absolute atomic E-state index is 0.0176. The maximum atomic E-state index is 12.3. The molecule has 0 aliphatic heterocycles. The summed E-state index contributed by atoms with van der Waals surface area (Å²) < 4.78 is 5.00. The Morgan fingerprint density at radius 2 is 2.04 bits per heavy atom. The molecule has 1 aromatic heterocycles. The molecule has 0 saturated heterocycles. The second kappa shape index (κ2) is 8.35. The predicted octanol–water partition coefficient (Wildman–Crippen LogP) is 5.20. The first-order chi connectivity index (χ1) is 11.8. The van der Waals surface area contributed by atoms with Gasteiger partial charge in [-0.05, 0) is 42.6 Å². The number of ether oxygens (including phenoxy) is 1. The van der Waals surface area contributed by atoms with E-state index in [2.05, 4.69) is 33.0 Å². The monoisotopic (exact) mass is 365 g/mol. The highest BCUT2D eigenvalue weighted by Crippen LogP contribution is 2.45. The van der Waals surface area contributed by atoms with Crippen LogP contribution in [-0.2, 0) is 22.4 Å². The molecule has 1 aliphatic carbocycles. The Kier molecular flexibility index (Phi) is 6.66. The van der Waals surface area contributed by atoms with Crippen LogP contribution in [0.25, 0.3) is 0 Å². The molecule has 25 heavy (non-hydrogen) atoms. The Labute approximate surface area is 155 Å². The van der Waals surface area contributed by atoms with Crippen molar-refractivity contribution < 1.29 is 14.3 Å². The number of hydrogen-bond donors (Lipinski definition) is 1. The highest BCUT2D eigenvalue weighted by atomic mass is 32.1. The summed E-state index contributed by atoms with van der Waals surface area (Å²) in [5.74, 6) is 0.255. The zero-order chi connectivity index (χ0) is 18.6. The van der Waals surface area contributed by atoms with Gasteiger partial charge in [0.2, 0.25) is 5.91 Å². The second-order valence-corrected chi connectivity index (χ2v) is 8.74. The van der Waals surface area contributed by atoms with E-state index in [0.717, 1.165) is 44.1 Å². The SMILES string of the molecule is CCCCC(=O)Nc1sc2c(c1C(=O)OC)CCC(C(C)(C)CC)C2. The van der Waals surface area contributed by atoms with Gasteiger partial charge >= 0.3 is 5.97 Å². The highest BCUT2D eigenvalue weighted by molar-refractivity contribution is 7.17. The first-order valence-corrected chi connectivity index (χ1v) is 10.2. The number of carbonyl (C=O) groups excluding carboxylic acids is 2. The number of fused-ring (bicyclic) bond motifs is 1. The fourth-order valence-electron chi connectivity index (χ4n) is 3.47. The van der Waals surface area contributed by atoms with E-state index in [-0.39, 0.29) is 17.3 Å². The number of hydrogen-bond acceptors (Lipinski definition) is 4. The number of amides is 1. The molecular weight excluding hydrogens is 334 g/mol. The van der Waals surface area contributed by atoms with Crippen LogP contribution in [0.15, 0.2) is 0 Å². The summed E-state index contributed by atoms with van der Waals surface area (Å²) in [6.07, 6.45) is 6.42. The van der Waals surface area contributed by atoms with E-state index in [1.54, 1.807) is 11.3 Å². The summed E-state index contributed by atoms with van der Waals surface area (Å²) in [6, 6.07) is 0. The average molecular weight is 366 g/mol. The molecule has 2 rings (SSSR count). The van der Waals surface area contributed by atoms with Crippen molar-refractivity contribution in [2.45, 2.75) is 72.6 Å². The van der Waals surface area contributed by atoms with E-state index >= 15 is 0 Å². The summed E-state index contributed by atoms with van der Waals surface area (Å²) in [4.78, 5) is 25.7. The third-order valence-electron chi connectivity index (χ3n) is 5.68. The number of esters is 1. The number of methoxy groups -OCH3 is 1. The van der Waals surface area contributed by atoms with Gasteiger partial charge in [0.1, 0.15) is 5.00 Å². The summed E-state index contributed by atoms with van der Waals surface area (Å²) >= 11 is 1.57. The zero-order valence-electron chi connectivity index (χ0n) is 16.2. The fraction of sp³-hybridized carbons (Fsp3) is 0.700. The van der Waals surface area contributed by atoms with Crippen LogP contribution in [-0.4, -0.2) is 19.0 Å². The van der Waals surface area contributed by atoms with Gasteiger partial charge in [0, 0.05) is 11.3 Å². The zero-order valence-corrected chi connectivity index (χ0v) is 17.0. The summed E-state index contributed by atoms with van der Waals surface area (Å²) in [5, 5.41) is 3.64. The van der Waals surface area contributed by atoms with E-state index in [0.29, 0.717) is 22.9 Å². The molecule has 1 heterocycles. The molecule has 1 unspecified atom stereocenters. The Morgan fingerprint density at radius 3 is 2.64 bits per heavy atom. The molecule has 4 nitrogen and oxygen atoms in total. The Balaban J connectivity index is 2.30. The quantitative estimate of drug-likeness (QED) is 0.675. The van der Waals surface area contributed by atoms with Crippen molar-refractivity contribution in [2.24, 2.45) is 11.3 Å². The first-order valence-electron chi connectivity index (χ1n) is 9.36. The topological polar surface area (TPSA) is 55.4 Å². The molecule has 0 fully saturated rings. The van der Waals surface area contributed by atoms with Crippen LogP contribution in [0.4, 0.5) is 5.00 Å². The standard InChI is InChI=1S/C20H31NO3S/c1-6-8-9-16(22)21-18-17(19(23)24-5)14-11-10-13(12-15(14)25-18)20(3,4)7-2/h13H,6-12H2,1-5H3,(H,21,22). The van der Waals surface area contributed by atoms with Crippen molar-refractivity contribution in [3.63, 3.8) is 0 Å². The van der Waals surface area contributed by atoms with Crippen LogP contribution in [0.1, 0.15) is 80.6 Å². The van der Waals surface area contributed by atoms with Crippen molar-refractivity contribution >= 4 is 28.2 Å². The first kappa shape index (κ1) is 20.0. The predicted molar refractivity (Wildman–Crippen MR) is 103 cm³/mol. The van der Waals surface area contributed by atoms with Crippen molar-refractivity contribution in [1.29, 1.82) is 0 Å². The van der Waals surface area contributed by atoms with Gasteiger partial charge in [-0.3, -0.25) is 4.79 Å². The van der Waals surface area contributed by atoms with E-state index in [1.165, 1.54) is 12.0 Å². The van der Waals surface area contributed by atoms with Crippen LogP contribution in [0, 0.1) is 11.3 Å². The average Bonchev–Trinajstić information content (AvgIpc) is 2.96. The molecule has 0 saturated carbocycles. The number of thiophene rings is 1. The molecule has 1 N–H and O–H groups in total. The Hall–Kier alpha value is -1.36. The number of nitrogens with one attached hydrogen (secondary N) is 1. The van der Waals surface area contributed by atoms with Gasteiger partial charge < -0.3 is 10.1 Å². The summed E-state index contributed by atoms with van der Waals surface area (Å²) in [6.45, 7) is 8.95. The van der Waals surface area contributed by atoms with Gasteiger partial charge in [0.15, 0.2) is 0 Å². The van der Waals surface area contributed by atoms with E-state index in [4.69, 9.17) is 4.74 Å². The van der Waals surface area contributed by atoms with Crippen molar-refractivity contribution in [2.75, 3.05) is 12.4 Å². The largest absolute Gasteiger partial charge is 0.465 e. The van der Waals surface area contributed by atoms with Gasteiger partial charge in [-0.2, -0.15) is 0 Å². The van der Waals surface area contributed by atoms with Crippen LogP contribution in [0.5, 0.6) is 0 Å². The Bertz CT molecular complexity index is 633. The third-order valence-corrected chi connectivity index (χ3v) is 6.85. The molecule has 0 spiro atoms. The molecule has 1 amide bonds. The molecular formula is C20H31NO3S. The lowest BCUT2D eigenvalue weighted by atomic mass is 9.69. The lowest BCUT2D eigenvalue weighted by molar-refractivity contribution is -0.116. The lowest BCUT2D eigenvalue weighted by Crippen LogP contribution is -2.28. The molecule has 1 aliphatic rings. The summed E-state index contributed by atoms with van der Waals surface area (Å²) in [7, 11) is 1.40. The lowest BCUT2D eigenvalue weighted by Gasteiger charge is -2.36. The Morgan fingerprint density at radius 1 is 1.32 bits per heavy atom. The van der Waals surface area contributed by atoms with Crippen molar-refractivity contribution in [1.82, 2.24) is 0 Å². The second-order valence-electron chi connectivity index (χ2n) is 7.63. The summed E-state index contributed by atoms with van der Waals surface area (Å²) in [5.41, 5.74) is 1.96. The van der Waals surface area contributed by atoms with E-state index < -0.39 is 0 Å². The van der Waals surface area contributed by atoms with E-state index in [9.17, 15) is 9.59 Å². The van der Waals surface area contributed by atoms with Crippen LogP contribution in [0.2, 0.25) is 0 Å². The highest BCUT2D eigenvalue weighted by Gasteiger charge is 2.35. The number of unbranched alkanes of at least 4 members (excludes halogenated alkanes) is 1.